The van der Waals surface area contributed by atoms with Crippen molar-refractivity contribution in [2.24, 2.45) is 0 Å². The van der Waals surface area contributed by atoms with E-state index in [0.29, 0.717) is 17.9 Å². The smallest absolute Gasteiger partial charge is 0.264 e. The lowest BCUT2D eigenvalue weighted by Gasteiger charge is -2.33. The highest BCUT2D eigenvalue weighted by Gasteiger charge is 2.34. The van der Waals surface area contributed by atoms with E-state index >= 15 is 0 Å². The number of nitrogens with zero attached hydrogens (tertiary/aromatic N) is 2. The number of rotatable bonds is 13. The molecule has 1 N–H and O–H groups in total. The van der Waals surface area contributed by atoms with Crippen molar-refractivity contribution in [3.8, 4) is 11.5 Å². The molecule has 10 heteroatoms. The fourth-order valence-corrected chi connectivity index (χ4v) is 5.85. The quantitative estimate of drug-likeness (QED) is 0.318. The number of carbonyl (C=O) groups is 2. The summed E-state index contributed by atoms with van der Waals surface area (Å²) >= 11 is 0. The zero-order valence-corrected chi connectivity index (χ0v) is 25.3. The molecule has 0 aliphatic rings. The summed E-state index contributed by atoms with van der Waals surface area (Å²) in [5, 5.41) is 2.90. The predicted molar refractivity (Wildman–Crippen MR) is 160 cm³/mol. The maximum absolute atomic E-state index is 14.1. The first-order chi connectivity index (χ1) is 19.5. The van der Waals surface area contributed by atoms with Crippen molar-refractivity contribution in [3.05, 3.63) is 83.9 Å². The van der Waals surface area contributed by atoms with Gasteiger partial charge in [0.1, 0.15) is 12.6 Å². The Hall–Kier alpha value is -4.05. The minimum Gasteiger partial charge on any atom is -0.493 e. The number of nitrogens with one attached hydrogen (secondary N) is 1. The minimum atomic E-state index is -4.24. The molecule has 9 nitrogen and oxygen atoms in total. The summed E-state index contributed by atoms with van der Waals surface area (Å²) in [6.45, 7) is 7.12. The number of aryl methyl sites for hydroxylation is 1. The molecule has 0 aliphatic heterocycles. The molecule has 0 spiro atoms. The highest BCUT2D eigenvalue weighted by Crippen LogP contribution is 2.32. The standard InChI is InChI=1S/C31H39N3O6S/c1-7-27(31(36)32-22(2)3)33(20-24-15-13-23(4)14-16-24)30(35)21-34(25-11-9-8-10-12-25)41(37,38)26-17-18-28(39-5)29(19-26)40-6/h8-19,22,27H,7,20-21H2,1-6H3,(H,32,36)/t27-/m0/s1. The first kappa shape index (κ1) is 31.5. The van der Waals surface area contributed by atoms with E-state index in [1.807, 2.05) is 52.0 Å². The molecule has 0 saturated heterocycles. The molecule has 1 atom stereocenters. The summed E-state index contributed by atoms with van der Waals surface area (Å²) in [6.07, 6.45) is 0.351. The van der Waals surface area contributed by atoms with Crippen molar-refractivity contribution >= 4 is 27.5 Å². The summed E-state index contributed by atoms with van der Waals surface area (Å²) in [5.41, 5.74) is 2.20. The Morgan fingerprint density at radius 2 is 1.54 bits per heavy atom. The number of benzene rings is 3. The van der Waals surface area contributed by atoms with Crippen LogP contribution in [-0.4, -0.2) is 58.0 Å². The van der Waals surface area contributed by atoms with Gasteiger partial charge in [0.25, 0.3) is 10.0 Å². The maximum atomic E-state index is 14.1. The molecule has 3 aromatic carbocycles. The zero-order valence-electron chi connectivity index (χ0n) is 24.5. The SMILES string of the molecule is CC[C@@H](C(=O)NC(C)C)N(Cc1ccc(C)cc1)C(=O)CN(c1ccccc1)S(=O)(=O)c1ccc(OC)c(OC)c1. The van der Waals surface area contributed by atoms with E-state index in [1.165, 1.54) is 37.3 Å². The summed E-state index contributed by atoms with van der Waals surface area (Å²) in [7, 11) is -1.36. The van der Waals surface area contributed by atoms with E-state index in [9.17, 15) is 18.0 Å². The molecule has 0 fully saturated rings. The number of hydrogen-bond donors (Lipinski definition) is 1. The van der Waals surface area contributed by atoms with Gasteiger partial charge in [-0.15, -0.1) is 0 Å². The van der Waals surface area contributed by atoms with Gasteiger partial charge in [0, 0.05) is 18.7 Å². The second-order valence-corrected chi connectivity index (χ2v) is 11.8. The molecule has 0 aliphatic carbocycles. The van der Waals surface area contributed by atoms with Crippen LogP contribution in [-0.2, 0) is 26.2 Å². The molecule has 0 unspecified atom stereocenters. The van der Waals surface area contributed by atoms with E-state index in [4.69, 9.17) is 9.47 Å². The number of ether oxygens (including phenoxy) is 2. The van der Waals surface area contributed by atoms with E-state index < -0.39 is 28.5 Å². The number of hydrogen-bond acceptors (Lipinski definition) is 6. The molecule has 41 heavy (non-hydrogen) atoms. The summed E-state index contributed by atoms with van der Waals surface area (Å²) in [4.78, 5) is 28.7. The number of carbonyl (C=O) groups excluding carboxylic acids is 2. The molecule has 0 heterocycles. The lowest BCUT2D eigenvalue weighted by Crippen LogP contribution is -2.53. The molecule has 3 rings (SSSR count). The molecule has 220 valence electrons. The normalized spacial score (nSPS) is 12.0. The van der Waals surface area contributed by atoms with Crippen molar-refractivity contribution in [1.29, 1.82) is 0 Å². The lowest BCUT2D eigenvalue weighted by atomic mass is 10.1. The summed E-state index contributed by atoms with van der Waals surface area (Å²) < 4.78 is 39.8. The molecule has 0 saturated carbocycles. The van der Waals surface area contributed by atoms with E-state index in [2.05, 4.69) is 5.32 Å². The topological polar surface area (TPSA) is 105 Å². The van der Waals surface area contributed by atoms with Gasteiger partial charge in [-0.3, -0.25) is 13.9 Å². The predicted octanol–water partition coefficient (Wildman–Crippen LogP) is 4.54. The molecule has 0 radical (unpaired) electrons. The van der Waals surface area contributed by atoms with E-state index in [-0.39, 0.29) is 29.1 Å². The van der Waals surface area contributed by atoms with Crippen molar-refractivity contribution < 1.29 is 27.5 Å². The van der Waals surface area contributed by atoms with Gasteiger partial charge >= 0.3 is 0 Å². The van der Waals surface area contributed by atoms with Crippen LogP contribution in [0.25, 0.3) is 0 Å². The Morgan fingerprint density at radius 1 is 0.902 bits per heavy atom. The Labute approximate surface area is 243 Å². The fourth-order valence-electron chi connectivity index (χ4n) is 4.42. The molecule has 2 amide bonds. The van der Waals surface area contributed by atoms with Crippen LogP contribution in [0.4, 0.5) is 5.69 Å². The van der Waals surface area contributed by atoms with Crippen LogP contribution in [0.1, 0.15) is 38.3 Å². The molecule has 0 aromatic heterocycles. The fraction of sp³-hybridized carbons (Fsp3) is 0.355. The second-order valence-electron chi connectivity index (χ2n) is 9.96. The van der Waals surface area contributed by atoms with E-state index in [0.717, 1.165) is 15.4 Å². The first-order valence-electron chi connectivity index (χ1n) is 13.5. The van der Waals surface area contributed by atoms with Crippen LogP contribution in [0, 0.1) is 6.92 Å². The van der Waals surface area contributed by atoms with Gasteiger partial charge in [0.2, 0.25) is 11.8 Å². The number of anilines is 1. The highest BCUT2D eigenvalue weighted by molar-refractivity contribution is 7.92. The van der Waals surface area contributed by atoms with Crippen LogP contribution >= 0.6 is 0 Å². The molecular weight excluding hydrogens is 542 g/mol. The van der Waals surface area contributed by atoms with Crippen LogP contribution in [0.15, 0.2) is 77.7 Å². The van der Waals surface area contributed by atoms with Crippen molar-refractivity contribution in [1.82, 2.24) is 10.2 Å². The number of amides is 2. The van der Waals surface area contributed by atoms with Crippen molar-refractivity contribution in [2.75, 3.05) is 25.1 Å². The first-order valence-corrected chi connectivity index (χ1v) is 14.9. The van der Waals surface area contributed by atoms with Gasteiger partial charge in [0.05, 0.1) is 24.8 Å². The monoisotopic (exact) mass is 581 g/mol. The third kappa shape index (κ3) is 7.79. The average Bonchev–Trinajstić information content (AvgIpc) is 2.96. The Kier molecular flexibility index (Phi) is 10.8. The zero-order chi connectivity index (χ0) is 30.2. The van der Waals surface area contributed by atoms with Crippen molar-refractivity contribution in [3.63, 3.8) is 0 Å². The van der Waals surface area contributed by atoms with Crippen LogP contribution in [0.5, 0.6) is 11.5 Å². The number of para-hydroxylation sites is 1. The largest absolute Gasteiger partial charge is 0.493 e. The number of sulfonamides is 1. The molecule has 0 bridgehead atoms. The summed E-state index contributed by atoms with van der Waals surface area (Å²) in [6, 6.07) is 19.4. The van der Waals surface area contributed by atoms with Gasteiger partial charge in [-0.25, -0.2) is 8.42 Å². The maximum Gasteiger partial charge on any atom is 0.264 e. The Balaban J connectivity index is 2.07. The summed E-state index contributed by atoms with van der Waals surface area (Å²) in [5.74, 6) is -0.188. The third-order valence-corrected chi connectivity index (χ3v) is 8.33. The second kappa shape index (κ2) is 14.0. The van der Waals surface area contributed by atoms with Crippen molar-refractivity contribution in [2.45, 2.75) is 57.6 Å². The minimum absolute atomic E-state index is 0.0681. The Morgan fingerprint density at radius 3 is 2.10 bits per heavy atom. The molecular formula is C31H39N3O6S. The highest BCUT2D eigenvalue weighted by atomic mass is 32.2. The lowest BCUT2D eigenvalue weighted by molar-refractivity contribution is -0.140. The average molecular weight is 582 g/mol. The van der Waals surface area contributed by atoms with Gasteiger partial charge < -0.3 is 19.7 Å². The van der Waals surface area contributed by atoms with Crippen LogP contribution < -0.4 is 19.1 Å². The Bertz CT molecular complexity index is 1430. The van der Waals surface area contributed by atoms with E-state index in [1.54, 1.807) is 30.3 Å². The molecule has 3 aromatic rings. The van der Waals surface area contributed by atoms with Gasteiger partial charge in [-0.05, 0) is 57.0 Å². The van der Waals surface area contributed by atoms with Gasteiger partial charge in [-0.2, -0.15) is 0 Å². The van der Waals surface area contributed by atoms with Crippen LogP contribution in [0.2, 0.25) is 0 Å². The van der Waals surface area contributed by atoms with Gasteiger partial charge in [0.15, 0.2) is 11.5 Å². The number of methoxy groups -OCH3 is 2. The van der Waals surface area contributed by atoms with Crippen LogP contribution in [0.3, 0.4) is 0 Å². The van der Waals surface area contributed by atoms with Gasteiger partial charge in [-0.1, -0.05) is 55.0 Å². The third-order valence-electron chi connectivity index (χ3n) is 6.56.